The molecule has 0 saturated heterocycles. The Morgan fingerprint density at radius 3 is 2.90 bits per heavy atom. The Kier molecular flexibility index (Phi) is 4.14. The van der Waals surface area contributed by atoms with Crippen molar-refractivity contribution in [3.8, 4) is 5.75 Å². The zero-order chi connectivity index (χ0) is 14.7. The van der Waals surface area contributed by atoms with Crippen molar-refractivity contribution in [2.75, 3.05) is 11.9 Å². The third-order valence-electron chi connectivity index (χ3n) is 4.14. The fourth-order valence-electron chi connectivity index (χ4n) is 3.12. The minimum absolute atomic E-state index is 0.386. The Morgan fingerprint density at radius 2 is 2.05 bits per heavy atom. The zero-order valence-electron chi connectivity index (χ0n) is 12.9. The number of anilines is 1. The molecule has 2 aromatic carbocycles. The molecule has 0 saturated carbocycles. The van der Waals surface area contributed by atoms with Gasteiger partial charge >= 0.3 is 0 Å². The van der Waals surface area contributed by atoms with Crippen molar-refractivity contribution in [1.29, 1.82) is 0 Å². The van der Waals surface area contributed by atoms with Crippen LogP contribution in [0.2, 0.25) is 0 Å². The number of ether oxygens (including phenoxy) is 1. The number of benzene rings is 2. The number of fused-ring (bicyclic) bond motifs is 1. The standard InChI is InChI=1S/C19H23NO/c1-3-21-19-13-14(2)11-12-18(19)20-17-10-6-8-15-7-4-5-9-16(15)17/h4-5,7,9,11-13,17,20H,3,6,8,10H2,1-2H3. The van der Waals surface area contributed by atoms with E-state index in [1.54, 1.807) is 0 Å². The summed E-state index contributed by atoms with van der Waals surface area (Å²) in [4.78, 5) is 0. The van der Waals surface area contributed by atoms with Crippen LogP contribution < -0.4 is 10.1 Å². The third-order valence-corrected chi connectivity index (χ3v) is 4.14. The zero-order valence-corrected chi connectivity index (χ0v) is 12.9. The van der Waals surface area contributed by atoms with Crippen LogP contribution >= 0.6 is 0 Å². The molecule has 110 valence electrons. The van der Waals surface area contributed by atoms with E-state index in [0.717, 1.165) is 11.4 Å². The lowest BCUT2D eigenvalue weighted by Crippen LogP contribution is -2.17. The van der Waals surface area contributed by atoms with Gasteiger partial charge in [-0.25, -0.2) is 0 Å². The van der Waals surface area contributed by atoms with E-state index in [1.807, 2.05) is 6.92 Å². The van der Waals surface area contributed by atoms with Crippen molar-refractivity contribution in [2.24, 2.45) is 0 Å². The molecule has 1 aliphatic rings. The van der Waals surface area contributed by atoms with E-state index in [0.29, 0.717) is 12.6 Å². The monoisotopic (exact) mass is 281 g/mol. The fraction of sp³-hybridized carbons (Fsp3) is 0.368. The second-order valence-electron chi connectivity index (χ2n) is 5.72. The molecule has 0 spiro atoms. The lowest BCUT2D eigenvalue weighted by atomic mass is 9.87. The first-order valence-corrected chi connectivity index (χ1v) is 7.85. The molecule has 1 aliphatic carbocycles. The molecule has 1 atom stereocenters. The van der Waals surface area contributed by atoms with Gasteiger partial charge in [0.2, 0.25) is 0 Å². The van der Waals surface area contributed by atoms with Crippen molar-refractivity contribution in [3.05, 3.63) is 59.2 Å². The highest BCUT2D eigenvalue weighted by molar-refractivity contribution is 5.59. The van der Waals surface area contributed by atoms with Crippen LogP contribution in [0.5, 0.6) is 5.75 Å². The van der Waals surface area contributed by atoms with Crippen molar-refractivity contribution in [1.82, 2.24) is 0 Å². The molecule has 21 heavy (non-hydrogen) atoms. The van der Waals surface area contributed by atoms with E-state index >= 15 is 0 Å². The maximum Gasteiger partial charge on any atom is 0.142 e. The molecule has 0 heterocycles. The molecule has 0 radical (unpaired) electrons. The van der Waals surface area contributed by atoms with Gasteiger partial charge < -0.3 is 10.1 Å². The second-order valence-corrected chi connectivity index (χ2v) is 5.72. The van der Waals surface area contributed by atoms with E-state index in [1.165, 1.54) is 36.0 Å². The normalized spacial score (nSPS) is 17.1. The van der Waals surface area contributed by atoms with E-state index in [4.69, 9.17) is 4.74 Å². The van der Waals surface area contributed by atoms with Gasteiger partial charge in [-0.15, -0.1) is 0 Å². The molecule has 2 heteroatoms. The van der Waals surface area contributed by atoms with Gasteiger partial charge in [0.1, 0.15) is 5.75 Å². The summed E-state index contributed by atoms with van der Waals surface area (Å²) in [5, 5.41) is 3.69. The summed E-state index contributed by atoms with van der Waals surface area (Å²) in [6.07, 6.45) is 3.61. The largest absolute Gasteiger partial charge is 0.492 e. The summed E-state index contributed by atoms with van der Waals surface area (Å²) in [5.41, 5.74) is 5.25. The molecule has 2 nitrogen and oxygen atoms in total. The molecule has 0 fully saturated rings. The minimum Gasteiger partial charge on any atom is -0.492 e. The van der Waals surface area contributed by atoms with Crippen LogP contribution in [0, 0.1) is 6.92 Å². The molecule has 3 rings (SSSR count). The lowest BCUT2D eigenvalue weighted by Gasteiger charge is -2.28. The van der Waals surface area contributed by atoms with E-state index in [-0.39, 0.29) is 0 Å². The highest BCUT2D eigenvalue weighted by Gasteiger charge is 2.20. The van der Waals surface area contributed by atoms with Crippen LogP contribution in [0.4, 0.5) is 5.69 Å². The topological polar surface area (TPSA) is 21.3 Å². The van der Waals surface area contributed by atoms with E-state index in [2.05, 4.69) is 54.7 Å². The predicted octanol–water partition coefficient (Wildman–Crippen LogP) is 4.88. The third kappa shape index (κ3) is 3.05. The Labute approximate surface area is 127 Å². The quantitative estimate of drug-likeness (QED) is 0.862. The van der Waals surface area contributed by atoms with Crippen molar-refractivity contribution >= 4 is 5.69 Å². The van der Waals surface area contributed by atoms with Crippen molar-refractivity contribution in [3.63, 3.8) is 0 Å². The molecule has 1 unspecified atom stereocenters. The smallest absolute Gasteiger partial charge is 0.142 e. The van der Waals surface area contributed by atoms with Gasteiger partial charge in [0, 0.05) is 0 Å². The van der Waals surface area contributed by atoms with Crippen LogP contribution in [0.1, 0.15) is 42.5 Å². The highest BCUT2D eigenvalue weighted by Crippen LogP contribution is 2.35. The van der Waals surface area contributed by atoms with Crippen LogP contribution in [-0.2, 0) is 6.42 Å². The van der Waals surface area contributed by atoms with E-state index in [9.17, 15) is 0 Å². The summed E-state index contributed by atoms with van der Waals surface area (Å²) in [6.45, 7) is 4.82. The number of rotatable bonds is 4. The Morgan fingerprint density at radius 1 is 1.19 bits per heavy atom. The van der Waals surface area contributed by atoms with Gasteiger partial charge in [0.15, 0.2) is 0 Å². The molecule has 0 aliphatic heterocycles. The Hall–Kier alpha value is -1.96. The summed E-state index contributed by atoms with van der Waals surface area (Å²) >= 11 is 0. The van der Waals surface area contributed by atoms with Crippen molar-refractivity contribution in [2.45, 2.75) is 39.2 Å². The first kappa shape index (κ1) is 14.0. The molecule has 2 aromatic rings. The van der Waals surface area contributed by atoms with Gasteiger partial charge in [-0.1, -0.05) is 30.3 Å². The number of hydrogen-bond donors (Lipinski definition) is 1. The number of aryl methyl sites for hydroxylation is 2. The molecule has 0 bridgehead atoms. The molecule has 0 amide bonds. The molecule has 0 aromatic heterocycles. The van der Waals surface area contributed by atoms with Gasteiger partial charge in [-0.3, -0.25) is 0 Å². The second kappa shape index (κ2) is 6.21. The summed E-state index contributed by atoms with van der Waals surface area (Å²) in [7, 11) is 0. The summed E-state index contributed by atoms with van der Waals surface area (Å²) < 4.78 is 5.78. The lowest BCUT2D eigenvalue weighted by molar-refractivity contribution is 0.341. The number of nitrogens with one attached hydrogen (secondary N) is 1. The number of hydrogen-bond acceptors (Lipinski definition) is 2. The van der Waals surface area contributed by atoms with Crippen LogP contribution in [0.25, 0.3) is 0 Å². The van der Waals surface area contributed by atoms with Gasteiger partial charge in [0.05, 0.1) is 18.3 Å². The molecular weight excluding hydrogens is 258 g/mol. The maximum atomic E-state index is 5.78. The SMILES string of the molecule is CCOc1cc(C)ccc1NC1CCCc2ccccc21. The highest BCUT2D eigenvalue weighted by atomic mass is 16.5. The summed E-state index contributed by atoms with van der Waals surface area (Å²) in [6, 6.07) is 15.5. The minimum atomic E-state index is 0.386. The predicted molar refractivity (Wildman–Crippen MR) is 88.1 cm³/mol. The van der Waals surface area contributed by atoms with E-state index < -0.39 is 0 Å². The molecule has 1 N–H and O–H groups in total. The van der Waals surface area contributed by atoms with Crippen LogP contribution in [-0.4, -0.2) is 6.61 Å². The Balaban J connectivity index is 1.88. The van der Waals surface area contributed by atoms with Crippen LogP contribution in [0.3, 0.4) is 0 Å². The van der Waals surface area contributed by atoms with Crippen molar-refractivity contribution < 1.29 is 4.74 Å². The van der Waals surface area contributed by atoms with Gasteiger partial charge in [-0.05, 0) is 61.9 Å². The van der Waals surface area contributed by atoms with Gasteiger partial charge in [-0.2, -0.15) is 0 Å². The fourth-order valence-corrected chi connectivity index (χ4v) is 3.12. The first-order valence-electron chi connectivity index (χ1n) is 7.85. The molecular formula is C19H23NO. The maximum absolute atomic E-state index is 5.78. The Bertz CT molecular complexity index is 621. The average molecular weight is 281 g/mol. The van der Waals surface area contributed by atoms with Crippen LogP contribution in [0.15, 0.2) is 42.5 Å². The first-order chi connectivity index (χ1) is 10.3. The summed E-state index contributed by atoms with van der Waals surface area (Å²) in [5.74, 6) is 0.959. The van der Waals surface area contributed by atoms with Gasteiger partial charge in [0.25, 0.3) is 0 Å². The average Bonchev–Trinajstić information content (AvgIpc) is 2.50.